The lowest BCUT2D eigenvalue weighted by Crippen LogP contribution is -2.10. The molecule has 0 saturated carbocycles. The van der Waals surface area contributed by atoms with Gasteiger partial charge in [0, 0.05) is 38.5 Å². The summed E-state index contributed by atoms with van der Waals surface area (Å²) < 4.78 is 15.9. The van der Waals surface area contributed by atoms with Crippen LogP contribution in [0.5, 0.6) is 0 Å². The standard InChI is InChI=1S/C22H13FN2OS/c23-16-7-5-14(6-8-16)22(26)25-10-9-17-18(12-24-13-19(17)25)21-11-15-3-1-2-4-20(15)27-21/h1-13H. The highest BCUT2D eigenvalue weighted by Gasteiger charge is 2.15. The topological polar surface area (TPSA) is 34.9 Å². The summed E-state index contributed by atoms with van der Waals surface area (Å²) in [5.74, 6) is -0.571. The van der Waals surface area contributed by atoms with E-state index in [0.717, 1.165) is 21.3 Å². The van der Waals surface area contributed by atoms with Crippen LogP contribution in [-0.2, 0) is 0 Å². The number of fused-ring (bicyclic) bond motifs is 2. The predicted molar refractivity (Wildman–Crippen MR) is 107 cm³/mol. The summed E-state index contributed by atoms with van der Waals surface area (Å²) in [5.41, 5.74) is 2.17. The van der Waals surface area contributed by atoms with Crippen molar-refractivity contribution in [1.82, 2.24) is 9.55 Å². The molecule has 0 unspecified atom stereocenters. The van der Waals surface area contributed by atoms with Gasteiger partial charge in [-0.15, -0.1) is 11.3 Å². The van der Waals surface area contributed by atoms with Crippen molar-refractivity contribution < 1.29 is 9.18 Å². The minimum atomic E-state index is -0.363. The molecule has 27 heavy (non-hydrogen) atoms. The molecule has 130 valence electrons. The van der Waals surface area contributed by atoms with Crippen LogP contribution in [0.3, 0.4) is 0 Å². The van der Waals surface area contributed by atoms with E-state index in [4.69, 9.17) is 0 Å². The summed E-state index contributed by atoms with van der Waals surface area (Å²) in [6, 6.07) is 17.9. The van der Waals surface area contributed by atoms with Crippen LogP contribution in [0.25, 0.3) is 31.4 Å². The van der Waals surface area contributed by atoms with Crippen LogP contribution >= 0.6 is 11.3 Å². The molecule has 0 bridgehead atoms. The third-order valence-corrected chi connectivity index (χ3v) is 5.77. The Morgan fingerprint density at radius 1 is 1.00 bits per heavy atom. The molecule has 3 nitrogen and oxygen atoms in total. The maximum Gasteiger partial charge on any atom is 0.262 e. The van der Waals surface area contributed by atoms with Crippen molar-refractivity contribution in [1.29, 1.82) is 0 Å². The molecule has 0 aliphatic rings. The Bertz CT molecular complexity index is 1270. The minimum Gasteiger partial charge on any atom is -0.282 e. The minimum absolute atomic E-state index is 0.208. The predicted octanol–water partition coefficient (Wildman–Crippen LogP) is 5.75. The van der Waals surface area contributed by atoms with Gasteiger partial charge in [-0.1, -0.05) is 18.2 Å². The zero-order valence-electron chi connectivity index (χ0n) is 14.1. The second-order valence-electron chi connectivity index (χ2n) is 6.27. The molecule has 2 aromatic carbocycles. The van der Waals surface area contributed by atoms with E-state index in [1.165, 1.54) is 34.4 Å². The largest absolute Gasteiger partial charge is 0.282 e. The van der Waals surface area contributed by atoms with E-state index in [1.807, 2.05) is 24.4 Å². The zero-order valence-corrected chi connectivity index (χ0v) is 14.9. The molecule has 0 aliphatic heterocycles. The molecule has 5 heteroatoms. The van der Waals surface area contributed by atoms with Crippen LogP contribution in [0.15, 0.2) is 79.3 Å². The molecular weight excluding hydrogens is 359 g/mol. The van der Waals surface area contributed by atoms with Crippen LogP contribution in [0.2, 0.25) is 0 Å². The van der Waals surface area contributed by atoms with Crippen LogP contribution in [0.1, 0.15) is 10.4 Å². The molecule has 0 amide bonds. The molecular formula is C22H13FN2OS. The molecule has 5 aromatic rings. The average molecular weight is 372 g/mol. The van der Waals surface area contributed by atoms with Gasteiger partial charge < -0.3 is 0 Å². The number of rotatable bonds is 2. The van der Waals surface area contributed by atoms with Crippen LogP contribution in [0.4, 0.5) is 4.39 Å². The molecule has 0 aliphatic carbocycles. The van der Waals surface area contributed by atoms with E-state index in [1.54, 1.807) is 28.3 Å². The van der Waals surface area contributed by atoms with Crippen molar-refractivity contribution in [3.05, 3.63) is 90.6 Å². The molecule has 0 N–H and O–H groups in total. The summed E-state index contributed by atoms with van der Waals surface area (Å²) >= 11 is 1.70. The number of carbonyl (C=O) groups is 1. The van der Waals surface area contributed by atoms with Crippen molar-refractivity contribution >= 4 is 38.2 Å². The summed E-state index contributed by atoms with van der Waals surface area (Å²) in [4.78, 5) is 18.3. The summed E-state index contributed by atoms with van der Waals surface area (Å²) in [6.45, 7) is 0. The number of thiophene rings is 1. The summed E-state index contributed by atoms with van der Waals surface area (Å²) in [6.07, 6.45) is 5.27. The van der Waals surface area contributed by atoms with Gasteiger partial charge in [0.05, 0.1) is 11.7 Å². The first-order valence-electron chi connectivity index (χ1n) is 8.45. The molecule has 0 radical (unpaired) electrons. The third kappa shape index (κ3) is 2.64. The molecule has 5 rings (SSSR count). The first-order valence-corrected chi connectivity index (χ1v) is 9.27. The van der Waals surface area contributed by atoms with Gasteiger partial charge in [0.15, 0.2) is 0 Å². The highest BCUT2D eigenvalue weighted by molar-refractivity contribution is 7.22. The quantitative estimate of drug-likeness (QED) is 0.396. The van der Waals surface area contributed by atoms with E-state index in [2.05, 4.69) is 23.2 Å². The first-order chi connectivity index (χ1) is 13.2. The molecule has 0 atom stereocenters. The summed E-state index contributed by atoms with van der Waals surface area (Å²) in [5, 5.41) is 2.16. The Labute approximate surface area is 158 Å². The van der Waals surface area contributed by atoms with E-state index < -0.39 is 0 Å². The van der Waals surface area contributed by atoms with Gasteiger partial charge >= 0.3 is 0 Å². The van der Waals surface area contributed by atoms with Crippen molar-refractivity contribution in [3.63, 3.8) is 0 Å². The maximum atomic E-state index is 13.1. The van der Waals surface area contributed by atoms with Gasteiger partial charge in [0.25, 0.3) is 5.91 Å². The van der Waals surface area contributed by atoms with Gasteiger partial charge in [0.2, 0.25) is 0 Å². The normalized spacial score (nSPS) is 11.3. The lowest BCUT2D eigenvalue weighted by Gasteiger charge is -2.05. The highest BCUT2D eigenvalue weighted by atomic mass is 32.1. The second-order valence-corrected chi connectivity index (χ2v) is 7.35. The Morgan fingerprint density at radius 2 is 1.81 bits per heavy atom. The average Bonchev–Trinajstić information content (AvgIpc) is 3.32. The van der Waals surface area contributed by atoms with Crippen molar-refractivity contribution in [2.75, 3.05) is 0 Å². The fraction of sp³-hybridized carbons (Fsp3) is 0. The maximum absolute atomic E-state index is 13.1. The molecule has 3 heterocycles. The Kier molecular flexibility index (Phi) is 3.62. The van der Waals surface area contributed by atoms with Gasteiger partial charge in [-0.3, -0.25) is 14.3 Å². The van der Waals surface area contributed by atoms with Gasteiger partial charge in [-0.25, -0.2) is 4.39 Å². The Morgan fingerprint density at radius 3 is 2.63 bits per heavy atom. The SMILES string of the molecule is O=C(c1ccc(F)cc1)n1ccc2c(-c3cc4ccccc4s3)cncc21. The molecule has 3 aromatic heterocycles. The van der Waals surface area contributed by atoms with Crippen LogP contribution < -0.4 is 0 Å². The number of nitrogens with zero attached hydrogens (tertiary/aromatic N) is 2. The number of hydrogen-bond donors (Lipinski definition) is 0. The lowest BCUT2D eigenvalue weighted by atomic mass is 10.1. The molecule has 0 saturated heterocycles. The van der Waals surface area contributed by atoms with Gasteiger partial charge in [-0.2, -0.15) is 0 Å². The molecule has 0 fully saturated rings. The molecule has 0 spiro atoms. The van der Waals surface area contributed by atoms with Gasteiger partial charge in [0.1, 0.15) is 5.82 Å². The Balaban J connectivity index is 1.64. The monoisotopic (exact) mass is 372 g/mol. The number of aromatic nitrogens is 2. The zero-order chi connectivity index (χ0) is 18.4. The van der Waals surface area contributed by atoms with Crippen molar-refractivity contribution in [2.45, 2.75) is 0 Å². The van der Waals surface area contributed by atoms with Gasteiger partial charge in [-0.05, 0) is 47.9 Å². The number of hydrogen-bond acceptors (Lipinski definition) is 3. The van der Waals surface area contributed by atoms with E-state index in [9.17, 15) is 9.18 Å². The fourth-order valence-corrected chi connectivity index (χ4v) is 4.36. The number of pyridine rings is 1. The number of halogens is 1. The third-order valence-electron chi connectivity index (χ3n) is 4.62. The second kappa shape index (κ2) is 6.14. The van der Waals surface area contributed by atoms with Crippen molar-refractivity contribution in [3.8, 4) is 10.4 Å². The fourth-order valence-electron chi connectivity index (χ4n) is 3.28. The number of carbonyl (C=O) groups excluding carboxylic acids is 1. The summed E-state index contributed by atoms with van der Waals surface area (Å²) in [7, 11) is 0. The van der Waals surface area contributed by atoms with Crippen LogP contribution in [-0.4, -0.2) is 15.5 Å². The van der Waals surface area contributed by atoms with Crippen LogP contribution in [0, 0.1) is 5.82 Å². The highest BCUT2D eigenvalue weighted by Crippen LogP contribution is 2.37. The van der Waals surface area contributed by atoms with E-state index in [-0.39, 0.29) is 11.7 Å². The smallest absolute Gasteiger partial charge is 0.262 e. The van der Waals surface area contributed by atoms with E-state index in [0.29, 0.717) is 5.56 Å². The van der Waals surface area contributed by atoms with Crippen molar-refractivity contribution in [2.24, 2.45) is 0 Å². The lowest BCUT2D eigenvalue weighted by molar-refractivity contribution is 0.0965. The Hall–Kier alpha value is -3.31. The first kappa shape index (κ1) is 15.9. The number of benzene rings is 2. The van der Waals surface area contributed by atoms with E-state index >= 15 is 0 Å².